The third kappa shape index (κ3) is 4.00. The van der Waals surface area contributed by atoms with Gasteiger partial charge in [-0.1, -0.05) is 26.8 Å². The lowest BCUT2D eigenvalue weighted by molar-refractivity contribution is 0.312. The number of pyridine rings is 1. The summed E-state index contributed by atoms with van der Waals surface area (Å²) in [5.74, 6) is 1.14. The van der Waals surface area contributed by atoms with Crippen molar-refractivity contribution >= 4 is 5.82 Å². The van der Waals surface area contributed by atoms with E-state index in [1.807, 2.05) is 13.8 Å². The lowest BCUT2D eigenvalue weighted by Gasteiger charge is -2.33. The van der Waals surface area contributed by atoms with Crippen molar-refractivity contribution < 1.29 is 0 Å². The van der Waals surface area contributed by atoms with Gasteiger partial charge in [-0.15, -0.1) is 0 Å². The summed E-state index contributed by atoms with van der Waals surface area (Å²) in [5.41, 5.74) is 1.19. The van der Waals surface area contributed by atoms with Gasteiger partial charge in [0.15, 0.2) is 0 Å². The molecule has 2 rings (SSSR count). The number of rotatable bonds is 2. The average molecular weight is 235 g/mol. The molecule has 0 spiro atoms. The molecule has 96 valence electrons. The highest BCUT2D eigenvalue weighted by Gasteiger charge is 2.14. The van der Waals surface area contributed by atoms with Gasteiger partial charge in [0.05, 0.1) is 0 Å². The first-order valence-corrected chi connectivity index (χ1v) is 6.69. The molecule has 0 atom stereocenters. The van der Waals surface area contributed by atoms with Crippen LogP contribution in [0.25, 0.3) is 0 Å². The van der Waals surface area contributed by atoms with Gasteiger partial charge in [0.1, 0.15) is 5.82 Å². The van der Waals surface area contributed by atoms with Crippen LogP contribution in [0.1, 0.15) is 26.5 Å². The Balaban J connectivity index is 0.000000686. The fourth-order valence-electron chi connectivity index (χ4n) is 1.88. The van der Waals surface area contributed by atoms with Crippen LogP contribution < -0.4 is 4.90 Å². The number of piperazine rings is 1. The van der Waals surface area contributed by atoms with Gasteiger partial charge < -0.3 is 9.80 Å². The fraction of sp³-hybridized carbons (Fsp3) is 0.643. The third-order valence-electron chi connectivity index (χ3n) is 2.98. The van der Waals surface area contributed by atoms with E-state index in [9.17, 15) is 0 Å². The Morgan fingerprint density at radius 2 is 1.76 bits per heavy atom. The van der Waals surface area contributed by atoms with Gasteiger partial charge in [0.25, 0.3) is 0 Å². The van der Waals surface area contributed by atoms with Crippen molar-refractivity contribution in [2.24, 2.45) is 0 Å². The van der Waals surface area contributed by atoms with Crippen LogP contribution in [0.3, 0.4) is 0 Å². The maximum atomic E-state index is 4.65. The fourth-order valence-corrected chi connectivity index (χ4v) is 1.88. The van der Waals surface area contributed by atoms with Crippen molar-refractivity contribution in [1.82, 2.24) is 9.88 Å². The van der Waals surface area contributed by atoms with Crippen LogP contribution in [0.4, 0.5) is 5.82 Å². The van der Waals surface area contributed by atoms with Crippen LogP contribution in [0, 0.1) is 0 Å². The summed E-state index contributed by atoms with van der Waals surface area (Å²) in [7, 11) is 2.17. The summed E-state index contributed by atoms with van der Waals surface area (Å²) >= 11 is 0. The SMILES string of the molecule is CC.CCc1cccc(N2CCN(C)CC2)n1. The molecule has 0 saturated carbocycles. The summed E-state index contributed by atoms with van der Waals surface area (Å²) in [4.78, 5) is 9.38. The number of hydrogen-bond acceptors (Lipinski definition) is 3. The lowest BCUT2D eigenvalue weighted by Crippen LogP contribution is -2.44. The van der Waals surface area contributed by atoms with Crippen LogP contribution >= 0.6 is 0 Å². The van der Waals surface area contributed by atoms with Crippen LogP contribution in [0.5, 0.6) is 0 Å². The summed E-state index contributed by atoms with van der Waals surface area (Å²) < 4.78 is 0. The van der Waals surface area contributed by atoms with Crippen molar-refractivity contribution in [1.29, 1.82) is 0 Å². The molecule has 0 N–H and O–H groups in total. The van der Waals surface area contributed by atoms with Gasteiger partial charge in [-0.25, -0.2) is 4.98 Å². The zero-order valence-corrected chi connectivity index (χ0v) is 11.6. The molecule has 1 aromatic heterocycles. The highest BCUT2D eigenvalue weighted by atomic mass is 15.3. The molecular weight excluding hydrogens is 210 g/mol. The molecule has 0 bridgehead atoms. The first-order valence-electron chi connectivity index (χ1n) is 6.69. The van der Waals surface area contributed by atoms with E-state index in [1.54, 1.807) is 0 Å². The van der Waals surface area contributed by atoms with E-state index in [4.69, 9.17) is 0 Å². The summed E-state index contributed by atoms with van der Waals surface area (Å²) in [6.07, 6.45) is 1.02. The predicted octanol–water partition coefficient (Wildman–Crippen LogP) is 2.42. The van der Waals surface area contributed by atoms with E-state index in [1.165, 1.54) is 5.69 Å². The molecule has 0 aromatic carbocycles. The van der Waals surface area contributed by atoms with E-state index in [2.05, 4.69) is 47.0 Å². The first-order chi connectivity index (χ1) is 8.29. The van der Waals surface area contributed by atoms with Crippen LogP contribution in [0.2, 0.25) is 0 Å². The van der Waals surface area contributed by atoms with Crippen molar-refractivity contribution in [3.8, 4) is 0 Å². The number of nitrogens with zero attached hydrogens (tertiary/aromatic N) is 3. The zero-order valence-electron chi connectivity index (χ0n) is 11.6. The molecule has 17 heavy (non-hydrogen) atoms. The summed E-state index contributed by atoms with van der Waals surface area (Å²) in [6.45, 7) is 10.6. The molecule has 1 fully saturated rings. The topological polar surface area (TPSA) is 19.4 Å². The van der Waals surface area contributed by atoms with Crippen molar-refractivity contribution in [2.75, 3.05) is 38.1 Å². The quantitative estimate of drug-likeness (QED) is 0.785. The number of aryl methyl sites for hydroxylation is 1. The van der Waals surface area contributed by atoms with Gasteiger partial charge in [-0.2, -0.15) is 0 Å². The van der Waals surface area contributed by atoms with Gasteiger partial charge in [-0.3, -0.25) is 0 Å². The molecule has 0 aliphatic carbocycles. The molecule has 3 nitrogen and oxygen atoms in total. The van der Waals surface area contributed by atoms with E-state index in [-0.39, 0.29) is 0 Å². The Morgan fingerprint density at radius 3 is 2.35 bits per heavy atom. The Hall–Kier alpha value is -1.09. The predicted molar refractivity (Wildman–Crippen MR) is 74.7 cm³/mol. The Labute approximate surface area is 105 Å². The molecule has 1 aliphatic heterocycles. The molecule has 1 aliphatic rings. The first kappa shape index (κ1) is 14.0. The largest absolute Gasteiger partial charge is 0.354 e. The lowest BCUT2D eigenvalue weighted by atomic mass is 10.2. The number of likely N-dealkylation sites (N-methyl/N-ethyl adjacent to an activating group) is 1. The standard InChI is InChI=1S/C12H19N3.C2H6/c1-3-11-5-4-6-12(13-11)15-9-7-14(2)8-10-15;1-2/h4-6H,3,7-10H2,1-2H3;1-2H3. The molecular formula is C14H25N3. The third-order valence-corrected chi connectivity index (χ3v) is 2.98. The van der Waals surface area contributed by atoms with E-state index in [0.717, 1.165) is 38.4 Å². The normalized spacial score (nSPS) is 16.4. The second kappa shape index (κ2) is 7.28. The second-order valence-corrected chi connectivity index (χ2v) is 4.13. The number of aromatic nitrogens is 1. The number of hydrogen-bond donors (Lipinski definition) is 0. The minimum atomic E-state index is 1.02. The van der Waals surface area contributed by atoms with Gasteiger partial charge in [0.2, 0.25) is 0 Å². The summed E-state index contributed by atoms with van der Waals surface area (Å²) in [5, 5.41) is 0. The molecule has 2 heterocycles. The Kier molecular flexibility index (Phi) is 5.98. The molecule has 1 saturated heterocycles. The van der Waals surface area contributed by atoms with Crippen LogP contribution in [0.15, 0.2) is 18.2 Å². The highest BCUT2D eigenvalue weighted by Crippen LogP contribution is 2.13. The Morgan fingerprint density at radius 1 is 1.12 bits per heavy atom. The van der Waals surface area contributed by atoms with Crippen molar-refractivity contribution in [3.05, 3.63) is 23.9 Å². The Bertz CT molecular complexity index is 317. The van der Waals surface area contributed by atoms with Crippen LogP contribution in [-0.4, -0.2) is 43.1 Å². The maximum Gasteiger partial charge on any atom is 0.128 e. The van der Waals surface area contributed by atoms with Crippen molar-refractivity contribution in [2.45, 2.75) is 27.2 Å². The van der Waals surface area contributed by atoms with Crippen molar-refractivity contribution in [3.63, 3.8) is 0 Å². The van der Waals surface area contributed by atoms with Gasteiger partial charge in [0, 0.05) is 31.9 Å². The van der Waals surface area contributed by atoms with Crippen LogP contribution in [-0.2, 0) is 6.42 Å². The smallest absolute Gasteiger partial charge is 0.128 e. The van der Waals surface area contributed by atoms with E-state index < -0.39 is 0 Å². The van der Waals surface area contributed by atoms with E-state index in [0.29, 0.717) is 0 Å². The van der Waals surface area contributed by atoms with E-state index >= 15 is 0 Å². The highest BCUT2D eigenvalue weighted by molar-refractivity contribution is 5.39. The molecule has 3 heteroatoms. The molecule has 0 amide bonds. The minimum Gasteiger partial charge on any atom is -0.354 e. The average Bonchev–Trinajstić information content (AvgIpc) is 2.42. The second-order valence-electron chi connectivity index (χ2n) is 4.13. The monoisotopic (exact) mass is 235 g/mol. The molecule has 0 unspecified atom stereocenters. The zero-order chi connectivity index (χ0) is 12.7. The van der Waals surface area contributed by atoms with Gasteiger partial charge in [-0.05, 0) is 25.6 Å². The minimum absolute atomic E-state index is 1.02. The maximum absolute atomic E-state index is 4.65. The summed E-state index contributed by atoms with van der Waals surface area (Å²) in [6, 6.07) is 6.32. The van der Waals surface area contributed by atoms with Gasteiger partial charge >= 0.3 is 0 Å². The molecule has 0 radical (unpaired) electrons. The molecule has 1 aromatic rings. The number of anilines is 1.